The molecule has 0 radical (unpaired) electrons. The van der Waals surface area contributed by atoms with Crippen LogP contribution in [0.15, 0.2) is 10.9 Å². The van der Waals surface area contributed by atoms with Crippen molar-refractivity contribution in [3.8, 4) is 0 Å². The number of rotatable bonds is 4. The Bertz CT molecular complexity index is 995. The summed E-state index contributed by atoms with van der Waals surface area (Å²) in [4.78, 5) is 45.7. The van der Waals surface area contributed by atoms with Crippen molar-refractivity contribution >= 4 is 17.5 Å². The molecule has 4 rings (SSSR count). The van der Waals surface area contributed by atoms with Crippen LogP contribution in [0, 0.1) is 0 Å². The van der Waals surface area contributed by atoms with E-state index in [0.29, 0.717) is 37.2 Å². The highest BCUT2D eigenvalue weighted by molar-refractivity contribution is 5.76. The van der Waals surface area contributed by atoms with Crippen LogP contribution in [0.3, 0.4) is 0 Å². The summed E-state index contributed by atoms with van der Waals surface area (Å²) in [6, 6.07) is 1.82. The van der Waals surface area contributed by atoms with Crippen LogP contribution in [0.5, 0.6) is 0 Å². The van der Waals surface area contributed by atoms with Crippen LogP contribution in [0.4, 0.5) is 0 Å². The summed E-state index contributed by atoms with van der Waals surface area (Å²) < 4.78 is 6.43. The first-order valence-electron chi connectivity index (χ1n) is 10.2. The third-order valence-corrected chi connectivity index (χ3v) is 5.92. The van der Waals surface area contributed by atoms with E-state index in [1.807, 2.05) is 11.0 Å². The number of nitrogens with one attached hydrogen (secondary N) is 1. The SMILES string of the molecule is COCCC(=O)N1CCc2nc3cc(C4CCCCN4C(C)=O)[nH]n3c(=O)c2C1. The van der Waals surface area contributed by atoms with Crippen LogP contribution >= 0.6 is 0 Å². The third kappa shape index (κ3) is 3.66. The average molecular weight is 401 g/mol. The summed E-state index contributed by atoms with van der Waals surface area (Å²) in [6.07, 6.45) is 3.76. The van der Waals surface area contributed by atoms with E-state index in [2.05, 4.69) is 10.1 Å². The minimum absolute atomic E-state index is 0.0199. The van der Waals surface area contributed by atoms with E-state index >= 15 is 0 Å². The summed E-state index contributed by atoms with van der Waals surface area (Å²) in [7, 11) is 1.56. The summed E-state index contributed by atoms with van der Waals surface area (Å²) in [5.74, 6) is 0.0200. The van der Waals surface area contributed by atoms with Gasteiger partial charge in [-0.25, -0.2) is 9.50 Å². The topological polar surface area (TPSA) is 100 Å². The number of hydrogen-bond acceptors (Lipinski definition) is 5. The van der Waals surface area contributed by atoms with Gasteiger partial charge in [-0.3, -0.25) is 19.5 Å². The molecule has 1 unspecified atom stereocenters. The van der Waals surface area contributed by atoms with Gasteiger partial charge in [0.15, 0.2) is 5.65 Å². The predicted octanol–water partition coefficient (Wildman–Crippen LogP) is 1.02. The zero-order chi connectivity index (χ0) is 20.5. The molecule has 2 aromatic heterocycles. The first-order chi connectivity index (χ1) is 14.0. The molecule has 2 aromatic rings. The molecule has 2 aliphatic heterocycles. The lowest BCUT2D eigenvalue weighted by atomic mass is 9.99. The summed E-state index contributed by atoms with van der Waals surface area (Å²) in [6.45, 7) is 3.50. The van der Waals surface area contributed by atoms with E-state index in [0.717, 1.165) is 37.2 Å². The molecule has 1 N–H and O–H groups in total. The minimum Gasteiger partial charge on any atom is -0.384 e. The van der Waals surface area contributed by atoms with E-state index in [4.69, 9.17) is 4.74 Å². The molecule has 2 amide bonds. The molecule has 0 bridgehead atoms. The van der Waals surface area contributed by atoms with Crippen LogP contribution in [-0.2, 0) is 27.3 Å². The maximum Gasteiger partial charge on any atom is 0.277 e. The minimum atomic E-state index is -0.175. The Kier molecular flexibility index (Phi) is 5.40. The van der Waals surface area contributed by atoms with Crippen molar-refractivity contribution in [2.24, 2.45) is 0 Å². The van der Waals surface area contributed by atoms with Crippen LogP contribution in [0.2, 0.25) is 0 Å². The molecule has 9 heteroatoms. The standard InChI is InChI=1S/C20H27N5O4/c1-13(26)24-8-4-3-5-17(24)16-11-18-21-15-6-9-23(19(27)7-10-29-2)12-14(15)20(28)25(18)22-16/h11,17,22H,3-10,12H2,1-2H3. The highest BCUT2D eigenvalue weighted by atomic mass is 16.5. The number of carbonyl (C=O) groups is 2. The fourth-order valence-corrected chi connectivity index (χ4v) is 4.36. The molecule has 0 aliphatic carbocycles. The van der Waals surface area contributed by atoms with Crippen molar-refractivity contribution in [2.45, 2.75) is 51.6 Å². The summed E-state index contributed by atoms with van der Waals surface area (Å²) in [5, 5.41) is 3.17. The number of aromatic nitrogens is 3. The normalized spacial score (nSPS) is 19.4. The molecule has 0 saturated carbocycles. The molecule has 0 spiro atoms. The largest absolute Gasteiger partial charge is 0.384 e. The Morgan fingerprint density at radius 2 is 2.14 bits per heavy atom. The number of H-pyrrole nitrogens is 1. The maximum absolute atomic E-state index is 13.1. The fraction of sp³-hybridized carbons (Fsp3) is 0.600. The van der Waals surface area contributed by atoms with E-state index < -0.39 is 0 Å². The van der Waals surface area contributed by atoms with Crippen LogP contribution in [0.1, 0.15) is 55.6 Å². The molecule has 1 atom stereocenters. The Labute approximate surface area is 168 Å². The smallest absolute Gasteiger partial charge is 0.277 e. The van der Waals surface area contributed by atoms with Gasteiger partial charge in [0.05, 0.1) is 42.6 Å². The van der Waals surface area contributed by atoms with E-state index in [9.17, 15) is 14.4 Å². The number of carbonyl (C=O) groups excluding carboxylic acids is 2. The third-order valence-electron chi connectivity index (χ3n) is 5.92. The lowest BCUT2D eigenvalue weighted by Gasteiger charge is -2.34. The van der Waals surface area contributed by atoms with Crippen LogP contribution < -0.4 is 5.56 Å². The molecule has 2 aliphatic rings. The zero-order valence-corrected chi connectivity index (χ0v) is 16.9. The van der Waals surface area contributed by atoms with Crippen molar-refractivity contribution in [1.29, 1.82) is 0 Å². The van der Waals surface area contributed by atoms with E-state index in [-0.39, 0.29) is 30.0 Å². The van der Waals surface area contributed by atoms with Gasteiger partial charge in [0.1, 0.15) is 0 Å². The second-order valence-electron chi connectivity index (χ2n) is 7.78. The van der Waals surface area contributed by atoms with Gasteiger partial charge in [-0.1, -0.05) is 0 Å². The summed E-state index contributed by atoms with van der Waals surface area (Å²) in [5.41, 5.74) is 2.53. The molecule has 29 heavy (non-hydrogen) atoms. The van der Waals surface area contributed by atoms with Crippen molar-refractivity contribution in [3.05, 3.63) is 33.4 Å². The molecular formula is C20H27N5O4. The fourth-order valence-electron chi connectivity index (χ4n) is 4.36. The van der Waals surface area contributed by atoms with Gasteiger partial charge >= 0.3 is 0 Å². The number of piperidine rings is 1. The molecule has 9 nitrogen and oxygen atoms in total. The van der Waals surface area contributed by atoms with E-state index in [1.165, 1.54) is 4.52 Å². The number of aromatic amines is 1. The van der Waals surface area contributed by atoms with Crippen molar-refractivity contribution in [1.82, 2.24) is 24.4 Å². The van der Waals surface area contributed by atoms with Gasteiger partial charge in [-0.05, 0) is 19.3 Å². The van der Waals surface area contributed by atoms with Gasteiger partial charge in [0.25, 0.3) is 5.56 Å². The Morgan fingerprint density at radius 1 is 1.31 bits per heavy atom. The first-order valence-corrected chi connectivity index (χ1v) is 10.2. The molecule has 1 saturated heterocycles. The Morgan fingerprint density at radius 3 is 2.90 bits per heavy atom. The van der Waals surface area contributed by atoms with Crippen molar-refractivity contribution in [2.75, 3.05) is 26.8 Å². The Balaban J connectivity index is 1.66. The lowest BCUT2D eigenvalue weighted by molar-refractivity contribution is -0.133. The highest BCUT2D eigenvalue weighted by Gasteiger charge is 2.29. The maximum atomic E-state index is 13.1. The van der Waals surface area contributed by atoms with Crippen molar-refractivity contribution in [3.63, 3.8) is 0 Å². The van der Waals surface area contributed by atoms with Gasteiger partial charge in [-0.2, -0.15) is 0 Å². The van der Waals surface area contributed by atoms with E-state index in [1.54, 1.807) is 18.9 Å². The average Bonchev–Trinajstić information content (AvgIpc) is 3.16. The number of hydrogen-bond donors (Lipinski definition) is 1. The molecule has 0 aromatic carbocycles. The quantitative estimate of drug-likeness (QED) is 0.824. The van der Waals surface area contributed by atoms with Gasteiger partial charge in [0, 0.05) is 39.6 Å². The van der Waals surface area contributed by atoms with Gasteiger partial charge < -0.3 is 14.5 Å². The summed E-state index contributed by atoms with van der Waals surface area (Å²) >= 11 is 0. The van der Waals surface area contributed by atoms with Crippen LogP contribution in [0.25, 0.3) is 5.65 Å². The van der Waals surface area contributed by atoms with Gasteiger partial charge in [0.2, 0.25) is 11.8 Å². The number of ether oxygens (including phenoxy) is 1. The second-order valence-corrected chi connectivity index (χ2v) is 7.78. The number of methoxy groups -OCH3 is 1. The molecule has 4 heterocycles. The highest BCUT2D eigenvalue weighted by Crippen LogP contribution is 2.30. The number of likely N-dealkylation sites (tertiary alicyclic amines) is 1. The van der Waals surface area contributed by atoms with Crippen molar-refractivity contribution < 1.29 is 14.3 Å². The first kappa shape index (κ1) is 19.6. The number of amides is 2. The van der Waals surface area contributed by atoms with Gasteiger partial charge in [-0.15, -0.1) is 0 Å². The molecule has 156 valence electrons. The number of fused-ring (bicyclic) bond motifs is 2. The zero-order valence-electron chi connectivity index (χ0n) is 16.9. The lowest BCUT2D eigenvalue weighted by Crippen LogP contribution is -2.40. The molecular weight excluding hydrogens is 374 g/mol. The monoisotopic (exact) mass is 401 g/mol. The Hall–Kier alpha value is -2.68. The predicted molar refractivity (Wildman–Crippen MR) is 105 cm³/mol. The molecule has 1 fully saturated rings. The van der Waals surface area contributed by atoms with Crippen LogP contribution in [-0.4, -0.2) is 63.0 Å². The second kappa shape index (κ2) is 7.98. The number of nitrogens with zero attached hydrogens (tertiary/aromatic N) is 4.